The Bertz CT molecular complexity index is 3130. The molecule has 286 valence electrons. The summed E-state index contributed by atoms with van der Waals surface area (Å²) in [6.07, 6.45) is 0. The van der Waals surface area contributed by atoms with Crippen molar-refractivity contribution in [3.8, 4) is 89.5 Å². The number of hydrogen-bond acceptors (Lipinski definition) is 2. The summed E-state index contributed by atoms with van der Waals surface area (Å²) in [5.41, 5.74) is 17.7. The second-order valence-corrected chi connectivity index (χ2v) is 26.0. The van der Waals surface area contributed by atoms with Crippen LogP contribution in [-0.2, 0) is 0 Å². The molecule has 0 N–H and O–H groups in total. The minimum Gasteiger partial charge on any atom is -0.228 e. The third-order valence-corrected chi connectivity index (χ3v) is 20.3. The Kier molecular flexibility index (Phi) is 8.45. The van der Waals surface area contributed by atoms with E-state index in [1.54, 1.807) is 0 Å². The van der Waals surface area contributed by atoms with Crippen molar-refractivity contribution in [3.05, 3.63) is 194 Å². The minimum atomic E-state index is -1.82. The first kappa shape index (κ1) is 36.4. The summed E-state index contributed by atoms with van der Waals surface area (Å²) in [6, 6.07) is 71.4. The number of aromatic nitrogens is 2. The van der Waals surface area contributed by atoms with Crippen molar-refractivity contribution in [1.82, 2.24) is 9.97 Å². The standard InChI is InChI=1S/C56H44N2Si2/c1-59(2)52-21-13-11-19-45(52)48-33-41(28-31-54(48)59)44-30-27-43(35-47(44)42-29-32-55-49(34-42)46-20-12-14-22-53(46)60(55,3)4)51-36-50(57-56(58-51)40-17-9-6-10-18-40)39-25-23-38(24-26-39)37-15-7-5-8-16-37/h5-36H,1-4H3. The molecule has 2 nitrogen and oxygen atoms in total. The molecule has 0 unspecified atom stereocenters. The second-order valence-electron chi connectivity index (χ2n) is 17.4. The van der Waals surface area contributed by atoms with E-state index in [-0.39, 0.29) is 0 Å². The molecule has 0 spiro atoms. The molecule has 8 aromatic carbocycles. The number of rotatable bonds is 6. The molecule has 0 aliphatic carbocycles. The summed E-state index contributed by atoms with van der Waals surface area (Å²) in [5.74, 6) is 0.714. The summed E-state index contributed by atoms with van der Waals surface area (Å²) >= 11 is 0. The van der Waals surface area contributed by atoms with E-state index >= 15 is 0 Å². The average Bonchev–Trinajstić information content (AvgIpc) is 3.68. The second kappa shape index (κ2) is 13.9. The van der Waals surface area contributed by atoms with Gasteiger partial charge in [-0.15, -0.1) is 0 Å². The van der Waals surface area contributed by atoms with Crippen LogP contribution in [0.3, 0.4) is 0 Å². The third-order valence-electron chi connectivity index (χ3n) is 13.2. The van der Waals surface area contributed by atoms with Crippen molar-refractivity contribution < 1.29 is 0 Å². The first-order valence-electron chi connectivity index (χ1n) is 21.0. The van der Waals surface area contributed by atoms with E-state index < -0.39 is 16.1 Å². The van der Waals surface area contributed by atoms with Crippen LogP contribution in [0.15, 0.2) is 194 Å². The highest BCUT2D eigenvalue weighted by atomic mass is 28.3. The van der Waals surface area contributed by atoms with Gasteiger partial charge in [0.2, 0.25) is 0 Å². The molecular weight excluding hydrogens is 757 g/mol. The van der Waals surface area contributed by atoms with E-state index in [4.69, 9.17) is 9.97 Å². The quantitative estimate of drug-likeness (QED) is 0.157. The van der Waals surface area contributed by atoms with Gasteiger partial charge in [-0.3, -0.25) is 0 Å². The Morgan fingerprint density at radius 2 is 0.667 bits per heavy atom. The molecule has 0 atom stereocenters. The highest BCUT2D eigenvalue weighted by Crippen LogP contribution is 2.41. The van der Waals surface area contributed by atoms with Crippen LogP contribution in [0.25, 0.3) is 89.5 Å². The Hall–Kier alpha value is -6.73. The summed E-state index contributed by atoms with van der Waals surface area (Å²) in [7, 11) is -3.61. The fraction of sp³-hybridized carbons (Fsp3) is 0.0714. The molecule has 0 bridgehead atoms. The van der Waals surface area contributed by atoms with E-state index in [0.717, 1.165) is 28.1 Å². The van der Waals surface area contributed by atoms with E-state index in [2.05, 4.69) is 214 Å². The smallest absolute Gasteiger partial charge is 0.160 e. The molecule has 4 heteroatoms. The molecule has 0 fully saturated rings. The number of benzene rings is 8. The lowest BCUT2D eigenvalue weighted by Gasteiger charge is -2.20. The summed E-state index contributed by atoms with van der Waals surface area (Å²) in [6.45, 7) is 9.95. The van der Waals surface area contributed by atoms with Gasteiger partial charge in [-0.2, -0.15) is 0 Å². The van der Waals surface area contributed by atoms with Crippen LogP contribution in [-0.4, -0.2) is 26.1 Å². The lowest BCUT2D eigenvalue weighted by atomic mass is 9.89. The molecule has 2 aliphatic rings. The molecular formula is C56H44N2Si2. The van der Waals surface area contributed by atoms with Crippen molar-refractivity contribution in [3.63, 3.8) is 0 Å². The largest absolute Gasteiger partial charge is 0.228 e. The van der Waals surface area contributed by atoms with Gasteiger partial charge in [-0.1, -0.05) is 196 Å². The van der Waals surface area contributed by atoms with Crippen molar-refractivity contribution in [2.45, 2.75) is 26.2 Å². The summed E-state index contributed by atoms with van der Waals surface area (Å²) < 4.78 is 0. The lowest BCUT2D eigenvalue weighted by molar-refractivity contribution is 1.18. The van der Waals surface area contributed by atoms with Gasteiger partial charge >= 0.3 is 0 Å². The van der Waals surface area contributed by atoms with E-state index in [0.29, 0.717) is 5.82 Å². The molecule has 11 rings (SSSR count). The van der Waals surface area contributed by atoms with Crippen LogP contribution in [0.5, 0.6) is 0 Å². The highest BCUT2D eigenvalue weighted by Gasteiger charge is 2.38. The van der Waals surface area contributed by atoms with Gasteiger partial charge in [0.1, 0.15) is 16.1 Å². The third kappa shape index (κ3) is 5.89. The molecule has 60 heavy (non-hydrogen) atoms. The maximum atomic E-state index is 5.30. The van der Waals surface area contributed by atoms with E-state index in [1.807, 2.05) is 6.07 Å². The zero-order chi connectivity index (χ0) is 40.6. The molecule has 3 heterocycles. The van der Waals surface area contributed by atoms with Crippen LogP contribution in [0.1, 0.15) is 0 Å². The molecule has 2 aliphatic heterocycles. The van der Waals surface area contributed by atoms with Crippen LogP contribution >= 0.6 is 0 Å². The van der Waals surface area contributed by atoms with Crippen LogP contribution in [0.2, 0.25) is 26.2 Å². The van der Waals surface area contributed by atoms with Gasteiger partial charge < -0.3 is 0 Å². The van der Waals surface area contributed by atoms with Crippen LogP contribution in [0, 0.1) is 0 Å². The minimum absolute atomic E-state index is 0.714. The predicted octanol–water partition coefficient (Wildman–Crippen LogP) is 12.1. The summed E-state index contributed by atoms with van der Waals surface area (Å²) in [5, 5.41) is 6.08. The van der Waals surface area contributed by atoms with Crippen LogP contribution in [0.4, 0.5) is 0 Å². The summed E-state index contributed by atoms with van der Waals surface area (Å²) in [4.78, 5) is 10.5. The molecule has 1 aromatic heterocycles. The molecule has 0 radical (unpaired) electrons. The van der Waals surface area contributed by atoms with Crippen molar-refractivity contribution >= 4 is 36.9 Å². The number of fused-ring (bicyclic) bond motifs is 6. The zero-order valence-electron chi connectivity index (χ0n) is 34.4. The predicted molar refractivity (Wildman–Crippen MR) is 259 cm³/mol. The van der Waals surface area contributed by atoms with Gasteiger partial charge in [0.05, 0.1) is 11.4 Å². The first-order valence-corrected chi connectivity index (χ1v) is 27.0. The van der Waals surface area contributed by atoms with Gasteiger partial charge in [-0.25, -0.2) is 9.97 Å². The Morgan fingerprint density at radius 3 is 1.25 bits per heavy atom. The molecule has 0 saturated carbocycles. The van der Waals surface area contributed by atoms with Gasteiger partial charge in [-0.05, 0) is 101 Å². The monoisotopic (exact) mass is 800 g/mol. The average molecular weight is 801 g/mol. The lowest BCUT2D eigenvalue weighted by Crippen LogP contribution is -2.49. The van der Waals surface area contributed by atoms with Crippen molar-refractivity contribution in [2.75, 3.05) is 0 Å². The fourth-order valence-corrected chi connectivity index (χ4v) is 16.0. The Morgan fingerprint density at radius 1 is 0.267 bits per heavy atom. The van der Waals surface area contributed by atoms with Crippen molar-refractivity contribution in [1.29, 1.82) is 0 Å². The molecule has 0 saturated heterocycles. The zero-order valence-corrected chi connectivity index (χ0v) is 36.4. The van der Waals surface area contributed by atoms with E-state index in [1.165, 1.54) is 76.4 Å². The normalized spacial score (nSPS) is 13.9. The number of hydrogen-bond donors (Lipinski definition) is 0. The molecule has 9 aromatic rings. The highest BCUT2D eigenvalue weighted by molar-refractivity contribution is 7.04. The fourth-order valence-electron chi connectivity index (χ4n) is 9.89. The Balaban J connectivity index is 1.10. The van der Waals surface area contributed by atoms with Gasteiger partial charge in [0.15, 0.2) is 5.82 Å². The van der Waals surface area contributed by atoms with Gasteiger partial charge in [0.25, 0.3) is 0 Å². The first-order chi connectivity index (χ1) is 29.2. The maximum absolute atomic E-state index is 5.30. The van der Waals surface area contributed by atoms with E-state index in [9.17, 15) is 0 Å². The maximum Gasteiger partial charge on any atom is 0.160 e. The topological polar surface area (TPSA) is 25.8 Å². The van der Waals surface area contributed by atoms with Gasteiger partial charge in [0, 0.05) is 16.7 Å². The van der Waals surface area contributed by atoms with Crippen molar-refractivity contribution in [2.24, 2.45) is 0 Å². The number of nitrogens with zero attached hydrogens (tertiary/aromatic N) is 2. The molecule has 0 amide bonds. The Labute approximate surface area is 355 Å². The van der Waals surface area contributed by atoms with Crippen LogP contribution < -0.4 is 20.7 Å². The SMILES string of the molecule is C[Si]1(C)c2ccccc2-c2cc(-c3ccc(-c4cc(-c5ccc(-c6ccccc6)cc5)nc(-c5ccccc5)n4)cc3-c3ccc4c(c3)-c3ccccc3[Si]4(C)C)ccc21.